The van der Waals surface area contributed by atoms with Gasteiger partial charge in [-0.25, -0.2) is 13.5 Å². The lowest BCUT2D eigenvalue weighted by molar-refractivity contribution is 0.0804. The molecule has 0 saturated carbocycles. The summed E-state index contributed by atoms with van der Waals surface area (Å²) in [5, 5.41) is 4.36. The Morgan fingerprint density at radius 2 is 2.07 bits per heavy atom. The fourth-order valence-electron chi connectivity index (χ4n) is 4.30. The number of H-pyrrole nitrogens is 1. The maximum Gasteiger partial charge on any atom is 0.263 e. The van der Waals surface area contributed by atoms with Gasteiger partial charge in [-0.3, -0.25) is 14.7 Å². The summed E-state index contributed by atoms with van der Waals surface area (Å²) in [5.74, 6) is -0.992. The summed E-state index contributed by atoms with van der Waals surface area (Å²) in [6, 6.07) is 3.72. The largest absolute Gasteiger partial charge is 0.383 e. The second-order valence-electron chi connectivity index (χ2n) is 7.48. The third kappa shape index (κ3) is 2.99. The first-order valence-electron chi connectivity index (χ1n) is 9.48. The SMILES string of the molecule is COCCN1CC2CC(C1)N2c1nc2c(cnn2-c2ccc(F)cc2F)c(=O)[nH]1. The Balaban J connectivity index is 1.50. The van der Waals surface area contributed by atoms with Gasteiger partial charge in [0.1, 0.15) is 16.9 Å². The molecule has 2 atom stereocenters. The van der Waals surface area contributed by atoms with E-state index in [0.717, 1.165) is 38.2 Å². The van der Waals surface area contributed by atoms with E-state index in [-0.39, 0.29) is 34.4 Å². The predicted octanol–water partition coefficient (Wildman–Crippen LogP) is 1.30. The number of halogens is 2. The highest BCUT2D eigenvalue weighted by Gasteiger charge is 2.45. The molecule has 8 nitrogen and oxygen atoms in total. The summed E-state index contributed by atoms with van der Waals surface area (Å²) in [5.41, 5.74) is -0.0459. The third-order valence-electron chi connectivity index (χ3n) is 5.69. The van der Waals surface area contributed by atoms with Crippen LogP contribution in [0.25, 0.3) is 16.7 Å². The summed E-state index contributed by atoms with van der Waals surface area (Å²) in [7, 11) is 1.69. The number of benzene rings is 1. The first-order chi connectivity index (χ1) is 14.0. The second-order valence-corrected chi connectivity index (χ2v) is 7.48. The predicted molar refractivity (Wildman–Crippen MR) is 102 cm³/mol. The number of nitrogens with zero attached hydrogens (tertiary/aromatic N) is 5. The fraction of sp³-hybridized carbons (Fsp3) is 0.421. The molecule has 3 aromatic rings. The van der Waals surface area contributed by atoms with Crippen molar-refractivity contribution in [2.75, 3.05) is 38.3 Å². The number of aromatic nitrogens is 4. The van der Waals surface area contributed by atoms with E-state index in [0.29, 0.717) is 12.6 Å². The van der Waals surface area contributed by atoms with Crippen molar-refractivity contribution in [2.45, 2.75) is 18.5 Å². The molecule has 2 bridgehead atoms. The second kappa shape index (κ2) is 6.89. The van der Waals surface area contributed by atoms with E-state index in [4.69, 9.17) is 4.74 Å². The Bertz CT molecular complexity index is 1120. The molecule has 0 radical (unpaired) electrons. The first kappa shape index (κ1) is 18.2. The number of piperazine rings is 1. The topological polar surface area (TPSA) is 79.3 Å². The lowest BCUT2D eigenvalue weighted by Crippen LogP contribution is -2.69. The first-order valence-corrected chi connectivity index (χ1v) is 9.48. The zero-order chi connectivity index (χ0) is 20.1. The molecule has 3 aliphatic rings. The molecule has 0 spiro atoms. The molecule has 0 aliphatic carbocycles. The number of hydrogen-bond acceptors (Lipinski definition) is 6. The van der Waals surface area contributed by atoms with E-state index in [9.17, 15) is 13.6 Å². The number of fused-ring (bicyclic) bond motifs is 3. The minimum Gasteiger partial charge on any atom is -0.383 e. The van der Waals surface area contributed by atoms with Crippen molar-refractivity contribution in [3.8, 4) is 5.69 Å². The average molecular weight is 402 g/mol. The van der Waals surface area contributed by atoms with Gasteiger partial charge >= 0.3 is 0 Å². The molecule has 3 saturated heterocycles. The van der Waals surface area contributed by atoms with E-state index >= 15 is 0 Å². The number of hydrogen-bond donors (Lipinski definition) is 1. The van der Waals surface area contributed by atoms with Gasteiger partial charge in [0.25, 0.3) is 5.56 Å². The molecule has 5 heterocycles. The molecule has 29 heavy (non-hydrogen) atoms. The molecular formula is C19H20F2N6O2. The standard InChI is InChI=1S/C19H20F2N6O2/c1-29-5-4-25-9-12-7-13(10-25)26(12)19-23-17-14(18(28)24-19)8-22-27(17)16-3-2-11(20)6-15(16)21/h2-3,6,8,12-13H,4-5,7,9-10H2,1H3,(H,23,24,28). The number of aromatic amines is 1. The van der Waals surface area contributed by atoms with E-state index in [1.807, 2.05) is 0 Å². The number of nitrogens with one attached hydrogen (secondary N) is 1. The molecular weight excluding hydrogens is 382 g/mol. The van der Waals surface area contributed by atoms with Crippen LogP contribution >= 0.6 is 0 Å². The van der Waals surface area contributed by atoms with Crippen LogP contribution in [-0.4, -0.2) is 70.1 Å². The van der Waals surface area contributed by atoms with Crippen molar-refractivity contribution in [3.05, 3.63) is 46.4 Å². The van der Waals surface area contributed by atoms with Crippen LogP contribution in [0.4, 0.5) is 14.7 Å². The summed E-state index contributed by atoms with van der Waals surface area (Å²) in [4.78, 5) is 24.5. The molecule has 2 aromatic heterocycles. The van der Waals surface area contributed by atoms with Gasteiger partial charge in [-0.15, -0.1) is 0 Å². The quantitative estimate of drug-likeness (QED) is 0.693. The molecule has 1 N–H and O–H groups in total. The number of methoxy groups -OCH3 is 1. The fourth-order valence-corrected chi connectivity index (χ4v) is 4.30. The number of ether oxygens (including phenoxy) is 1. The van der Waals surface area contributed by atoms with Gasteiger partial charge < -0.3 is 9.64 Å². The van der Waals surface area contributed by atoms with Crippen LogP contribution in [0.5, 0.6) is 0 Å². The van der Waals surface area contributed by atoms with Gasteiger partial charge in [0, 0.05) is 44.9 Å². The van der Waals surface area contributed by atoms with Crippen LogP contribution in [-0.2, 0) is 4.74 Å². The van der Waals surface area contributed by atoms with Crippen LogP contribution in [0, 0.1) is 11.6 Å². The number of piperidine rings is 1. The van der Waals surface area contributed by atoms with Crippen LogP contribution in [0.15, 0.2) is 29.2 Å². The van der Waals surface area contributed by atoms with Crippen LogP contribution in [0.1, 0.15) is 6.42 Å². The third-order valence-corrected chi connectivity index (χ3v) is 5.69. The number of anilines is 1. The highest BCUT2D eigenvalue weighted by molar-refractivity contribution is 5.76. The van der Waals surface area contributed by atoms with Crippen molar-refractivity contribution in [2.24, 2.45) is 0 Å². The van der Waals surface area contributed by atoms with Crippen molar-refractivity contribution in [3.63, 3.8) is 0 Å². The van der Waals surface area contributed by atoms with Gasteiger partial charge in [-0.2, -0.15) is 10.1 Å². The summed E-state index contributed by atoms with van der Waals surface area (Å²) < 4.78 is 33.9. The van der Waals surface area contributed by atoms with Crippen molar-refractivity contribution < 1.29 is 13.5 Å². The minimum atomic E-state index is -0.770. The monoisotopic (exact) mass is 402 g/mol. The van der Waals surface area contributed by atoms with E-state index in [1.165, 1.54) is 16.9 Å². The maximum atomic E-state index is 14.3. The molecule has 3 aliphatic heterocycles. The Labute approximate surface area is 164 Å². The Morgan fingerprint density at radius 1 is 1.28 bits per heavy atom. The van der Waals surface area contributed by atoms with Gasteiger partial charge in [0.2, 0.25) is 5.95 Å². The zero-order valence-corrected chi connectivity index (χ0v) is 15.8. The summed E-state index contributed by atoms with van der Waals surface area (Å²) >= 11 is 0. The van der Waals surface area contributed by atoms with Crippen LogP contribution in [0.2, 0.25) is 0 Å². The molecule has 0 amide bonds. The molecule has 3 fully saturated rings. The smallest absolute Gasteiger partial charge is 0.263 e. The van der Waals surface area contributed by atoms with E-state index in [1.54, 1.807) is 7.11 Å². The van der Waals surface area contributed by atoms with Gasteiger partial charge in [-0.05, 0) is 18.6 Å². The van der Waals surface area contributed by atoms with Crippen molar-refractivity contribution in [1.82, 2.24) is 24.6 Å². The minimum absolute atomic E-state index is 0.0417. The van der Waals surface area contributed by atoms with Crippen molar-refractivity contribution >= 4 is 17.0 Å². The van der Waals surface area contributed by atoms with Gasteiger partial charge in [0.15, 0.2) is 11.5 Å². The molecule has 2 unspecified atom stereocenters. The van der Waals surface area contributed by atoms with Crippen LogP contribution < -0.4 is 10.5 Å². The molecule has 10 heteroatoms. The molecule has 6 rings (SSSR count). The molecule has 152 valence electrons. The van der Waals surface area contributed by atoms with Crippen molar-refractivity contribution in [1.29, 1.82) is 0 Å². The number of rotatable bonds is 5. The Hall–Kier alpha value is -2.85. The Kier molecular flexibility index (Phi) is 4.32. The highest BCUT2D eigenvalue weighted by atomic mass is 19.1. The zero-order valence-electron chi connectivity index (χ0n) is 15.8. The molecule has 1 aromatic carbocycles. The normalized spacial score (nSPS) is 21.6. The summed E-state index contributed by atoms with van der Waals surface area (Å²) in [6.45, 7) is 3.29. The maximum absolute atomic E-state index is 14.3. The lowest BCUT2D eigenvalue weighted by Gasteiger charge is -2.56. The highest BCUT2D eigenvalue weighted by Crippen LogP contribution is 2.35. The lowest BCUT2D eigenvalue weighted by atomic mass is 9.88. The van der Waals surface area contributed by atoms with Gasteiger partial charge in [-0.1, -0.05) is 0 Å². The van der Waals surface area contributed by atoms with Crippen LogP contribution in [0.3, 0.4) is 0 Å². The summed E-state index contributed by atoms with van der Waals surface area (Å²) in [6.07, 6.45) is 2.38. The van der Waals surface area contributed by atoms with E-state index < -0.39 is 11.6 Å². The average Bonchev–Trinajstić information content (AvgIpc) is 3.11. The van der Waals surface area contributed by atoms with E-state index in [2.05, 4.69) is 24.9 Å². The Morgan fingerprint density at radius 3 is 2.79 bits per heavy atom. The van der Waals surface area contributed by atoms with Gasteiger partial charge in [0.05, 0.1) is 12.8 Å².